The van der Waals surface area contributed by atoms with Crippen LogP contribution in [0.4, 0.5) is 0 Å². The van der Waals surface area contributed by atoms with Crippen molar-refractivity contribution < 1.29 is 10.0 Å². The maximum Gasteiger partial charge on any atom is 0.252 e. The third-order valence-electron chi connectivity index (χ3n) is 3.10. The van der Waals surface area contributed by atoms with Crippen LogP contribution in [0, 0.1) is 19.8 Å². The standard InChI is InChI=1S/C14H21N3O2/c1-8(2)12(13(15)17-19)16-14(18)11-9(3)6-5-7-10(11)4/h5-8,12,19H,1-4H3,(H2,15,17)(H,16,18). The van der Waals surface area contributed by atoms with E-state index in [4.69, 9.17) is 10.9 Å². The molecule has 0 bridgehead atoms. The summed E-state index contributed by atoms with van der Waals surface area (Å²) in [5.41, 5.74) is 8.05. The summed E-state index contributed by atoms with van der Waals surface area (Å²) in [5.74, 6) is -0.167. The number of hydrogen-bond donors (Lipinski definition) is 3. The SMILES string of the molecule is Cc1cccc(C)c1C(=O)NC(/C(N)=N/O)C(C)C. The van der Waals surface area contributed by atoms with Crippen molar-refractivity contribution in [2.24, 2.45) is 16.8 Å². The van der Waals surface area contributed by atoms with Crippen molar-refractivity contribution in [2.75, 3.05) is 0 Å². The molecule has 0 saturated heterocycles. The van der Waals surface area contributed by atoms with E-state index in [9.17, 15) is 4.79 Å². The molecule has 0 heterocycles. The van der Waals surface area contributed by atoms with Gasteiger partial charge in [0.2, 0.25) is 0 Å². The average Bonchev–Trinajstić information content (AvgIpc) is 2.34. The molecule has 0 aromatic heterocycles. The molecule has 1 atom stereocenters. The average molecular weight is 263 g/mol. The van der Waals surface area contributed by atoms with Crippen LogP contribution in [0.5, 0.6) is 0 Å². The number of nitrogens with one attached hydrogen (secondary N) is 1. The molecule has 5 nitrogen and oxygen atoms in total. The summed E-state index contributed by atoms with van der Waals surface area (Å²) in [7, 11) is 0. The number of carbonyl (C=O) groups is 1. The lowest BCUT2D eigenvalue weighted by atomic mass is 9.99. The van der Waals surface area contributed by atoms with Crippen molar-refractivity contribution >= 4 is 11.7 Å². The quantitative estimate of drug-likeness (QED) is 0.335. The topological polar surface area (TPSA) is 87.7 Å². The largest absolute Gasteiger partial charge is 0.409 e. The van der Waals surface area contributed by atoms with Crippen molar-refractivity contribution in [3.05, 3.63) is 34.9 Å². The van der Waals surface area contributed by atoms with E-state index < -0.39 is 6.04 Å². The molecule has 1 unspecified atom stereocenters. The molecule has 0 radical (unpaired) electrons. The molecule has 1 aromatic rings. The number of amidine groups is 1. The van der Waals surface area contributed by atoms with Gasteiger partial charge in [-0.25, -0.2) is 0 Å². The maximum atomic E-state index is 12.3. The second kappa shape index (κ2) is 6.22. The van der Waals surface area contributed by atoms with Gasteiger partial charge in [-0.05, 0) is 30.9 Å². The number of benzene rings is 1. The van der Waals surface area contributed by atoms with Crippen molar-refractivity contribution in [1.29, 1.82) is 0 Å². The van der Waals surface area contributed by atoms with E-state index in [-0.39, 0.29) is 17.7 Å². The van der Waals surface area contributed by atoms with E-state index in [2.05, 4.69) is 10.5 Å². The van der Waals surface area contributed by atoms with Gasteiger partial charge >= 0.3 is 0 Å². The highest BCUT2D eigenvalue weighted by Crippen LogP contribution is 2.14. The fourth-order valence-corrected chi connectivity index (χ4v) is 2.03. The fourth-order valence-electron chi connectivity index (χ4n) is 2.03. The summed E-state index contributed by atoms with van der Waals surface area (Å²) in [5, 5.41) is 14.6. The van der Waals surface area contributed by atoms with E-state index >= 15 is 0 Å². The lowest BCUT2D eigenvalue weighted by molar-refractivity contribution is 0.0937. The highest BCUT2D eigenvalue weighted by molar-refractivity contribution is 6.00. The van der Waals surface area contributed by atoms with Crippen molar-refractivity contribution in [1.82, 2.24) is 5.32 Å². The minimum absolute atomic E-state index is 0.00888. The van der Waals surface area contributed by atoms with Crippen LogP contribution in [0.25, 0.3) is 0 Å². The van der Waals surface area contributed by atoms with Gasteiger partial charge < -0.3 is 16.3 Å². The number of amides is 1. The first-order valence-corrected chi connectivity index (χ1v) is 6.23. The number of oxime groups is 1. The molecule has 0 aliphatic rings. The van der Waals surface area contributed by atoms with Gasteiger partial charge in [-0.2, -0.15) is 0 Å². The molecule has 0 aliphatic heterocycles. The molecule has 0 spiro atoms. The Kier molecular flexibility index (Phi) is 4.92. The third-order valence-corrected chi connectivity index (χ3v) is 3.10. The van der Waals surface area contributed by atoms with E-state index in [0.29, 0.717) is 5.56 Å². The Bertz CT molecular complexity index is 475. The summed E-state index contributed by atoms with van der Waals surface area (Å²) in [6.07, 6.45) is 0. The van der Waals surface area contributed by atoms with Crippen LogP contribution in [0.15, 0.2) is 23.4 Å². The summed E-state index contributed by atoms with van der Waals surface area (Å²) >= 11 is 0. The first kappa shape index (κ1) is 15.0. The number of nitrogens with zero attached hydrogens (tertiary/aromatic N) is 1. The lowest BCUT2D eigenvalue weighted by Gasteiger charge is -2.22. The van der Waals surface area contributed by atoms with Gasteiger partial charge in [-0.3, -0.25) is 4.79 Å². The van der Waals surface area contributed by atoms with Crippen LogP contribution in [0.3, 0.4) is 0 Å². The van der Waals surface area contributed by atoms with Crippen molar-refractivity contribution in [3.63, 3.8) is 0 Å². The van der Waals surface area contributed by atoms with Gasteiger partial charge in [-0.15, -0.1) is 0 Å². The summed E-state index contributed by atoms with van der Waals surface area (Å²) in [4.78, 5) is 12.3. The first-order chi connectivity index (χ1) is 8.88. The zero-order chi connectivity index (χ0) is 14.6. The molecule has 104 valence electrons. The van der Waals surface area contributed by atoms with Gasteiger partial charge in [0.25, 0.3) is 5.91 Å². The summed E-state index contributed by atoms with van der Waals surface area (Å²) < 4.78 is 0. The number of nitrogens with two attached hydrogens (primary N) is 1. The second-order valence-electron chi connectivity index (χ2n) is 4.99. The van der Waals surface area contributed by atoms with Crippen LogP contribution < -0.4 is 11.1 Å². The Morgan fingerprint density at radius 2 is 1.84 bits per heavy atom. The number of rotatable bonds is 4. The Balaban J connectivity index is 3.01. The molecule has 1 rings (SSSR count). The van der Waals surface area contributed by atoms with Gasteiger partial charge in [0.05, 0.1) is 6.04 Å². The van der Waals surface area contributed by atoms with Crippen LogP contribution >= 0.6 is 0 Å². The van der Waals surface area contributed by atoms with Crippen LogP contribution in [0.2, 0.25) is 0 Å². The van der Waals surface area contributed by atoms with Gasteiger partial charge in [0, 0.05) is 5.56 Å². The number of carbonyl (C=O) groups excluding carboxylic acids is 1. The normalized spacial score (nSPS) is 13.4. The Morgan fingerprint density at radius 3 is 2.26 bits per heavy atom. The van der Waals surface area contributed by atoms with E-state index in [1.807, 2.05) is 45.9 Å². The minimum atomic E-state index is -0.489. The van der Waals surface area contributed by atoms with Gasteiger partial charge in [0.15, 0.2) is 5.84 Å². The second-order valence-corrected chi connectivity index (χ2v) is 4.99. The van der Waals surface area contributed by atoms with E-state index in [0.717, 1.165) is 11.1 Å². The molecule has 0 saturated carbocycles. The first-order valence-electron chi connectivity index (χ1n) is 6.23. The molecule has 0 aliphatic carbocycles. The predicted molar refractivity (Wildman–Crippen MR) is 75.4 cm³/mol. The monoisotopic (exact) mass is 263 g/mol. The Hall–Kier alpha value is -2.04. The molecular formula is C14H21N3O2. The smallest absolute Gasteiger partial charge is 0.252 e. The van der Waals surface area contributed by atoms with Crippen LogP contribution in [-0.4, -0.2) is 23.0 Å². The summed E-state index contributed by atoms with van der Waals surface area (Å²) in [6.45, 7) is 7.56. The van der Waals surface area contributed by atoms with E-state index in [1.54, 1.807) is 0 Å². The maximum absolute atomic E-state index is 12.3. The van der Waals surface area contributed by atoms with Gasteiger partial charge in [0.1, 0.15) is 0 Å². The molecular weight excluding hydrogens is 242 g/mol. The lowest BCUT2D eigenvalue weighted by Crippen LogP contribution is -2.48. The zero-order valence-corrected chi connectivity index (χ0v) is 11.8. The molecule has 0 fully saturated rings. The zero-order valence-electron chi connectivity index (χ0n) is 11.8. The summed E-state index contributed by atoms with van der Waals surface area (Å²) in [6, 6.07) is 5.19. The molecule has 1 amide bonds. The number of hydrogen-bond acceptors (Lipinski definition) is 3. The fraction of sp³-hybridized carbons (Fsp3) is 0.429. The van der Waals surface area contributed by atoms with Crippen LogP contribution in [0.1, 0.15) is 35.3 Å². The van der Waals surface area contributed by atoms with Crippen molar-refractivity contribution in [3.8, 4) is 0 Å². The molecule has 1 aromatic carbocycles. The van der Waals surface area contributed by atoms with Gasteiger partial charge in [-0.1, -0.05) is 37.2 Å². The highest BCUT2D eigenvalue weighted by Gasteiger charge is 2.22. The number of aryl methyl sites for hydroxylation is 2. The highest BCUT2D eigenvalue weighted by atomic mass is 16.4. The van der Waals surface area contributed by atoms with Crippen LogP contribution in [-0.2, 0) is 0 Å². The van der Waals surface area contributed by atoms with Crippen molar-refractivity contribution in [2.45, 2.75) is 33.7 Å². The minimum Gasteiger partial charge on any atom is -0.409 e. The molecule has 5 heteroatoms. The Morgan fingerprint density at radius 1 is 1.32 bits per heavy atom. The third kappa shape index (κ3) is 3.47. The molecule has 19 heavy (non-hydrogen) atoms. The van der Waals surface area contributed by atoms with E-state index in [1.165, 1.54) is 0 Å². The molecule has 4 N–H and O–H groups in total. The predicted octanol–water partition coefficient (Wildman–Crippen LogP) is 1.80. The Labute approximate surface area is 113 Å².